The number of oxime groups is 2. The molecule has 0 aliphatic carbocycles. The highest BCUT2D eigenvalue weighted by Crippen LogP contribution is 2.13. The van der Waals surface area contributed by atoms with Crippen LogP contribution < -0.4 is 22.1 Å². The summed E-state index contributed by atoms with van der Waals surface area (Å²) in [5, 5.41) is 12.3. The molecule has 0 aliphatic heterocycles. The number of nitrogens with zero attached hydrogens (tertiary/aromatic N) is 2. The Bertz CT molecular complexity index is 1070. The maximum atomic E-state index is 12.2. The third-order valence-corrected chi connectivity index (χ3v) is 4.51. The average Bonchev–Trinajstić information content (AvgIpc) is 2.90. The summed E-state index contributed by atoms with van der Waals surface area (Å²) in [6, 6.07) is 12.7. The molecular formula is C23H26N6O8. The molecule has 0 fully saturated rings. The smallest absolute Gasteiger partial charge is 0.436 e. The Labute approximate surface area is 211 Å². The van der Waals surface area contributed by atoms with Crippen molar-refractivity contribution < 1.29 is 38.3 Å². The lowest BCUT2D eigenvalue weighted by atomic mass is 10.1. The molecular weight excluding hydrogens is 488 g/mol. The first-order chi connectivity index (χ1) is 17.7. The number of methoxy groups -OCH3 is 2. The summed E-state index contributed by atoms with van der Waals surface area (Å²) in [5.41, 5.74) is 13.4. The van der Waals surface area contributed by atoms with E-state index in [-0.39, 0.29) is 36.3 Å². The summed E-state index contributed by atoms with van der Waals surface area (Å²) in [5.74, 6) is -0.643. The topological polar surface area (TPSA) is 206 Å². The minimum atomic E-state index is -1.00. The van der Waals surface area contributed by atoms with Crippen LogP contribution in [0.3, 0.4) is 0 Å². The van der Waals surface area contributed by atoms with Crippen LogP contribution in [0.1, 0.15) is 30.4 Å². The van der Waals surface area contributed by atoms with E-state index in [0.29, 0.717) is 28.9 Å². The number of amides is 2. The number of carbonyl (C=O) groups is 4. The summed E-state index contributed by atoms with van der Waals surface area (Å²) in [4.78, 5) is 55.0. The van der Waals surface area contributed by atoms with Gasteiger partial charge in [0.25, 0.3) is 0 Å². The maximum absolute atomic E-state index is 12.2. The fraction of sp³-hybridized carbons (Fsp3) is 0.217. The van der Waals surface area contributed by atoms with Gasteiger partial charge in [-0.3, -0.25) is 19.3 Å². The second-order valence-corrected chi connectivity index (χ2v) is 7.15. The summed E-state index contributed by atoms with van der Waals surface area (Å²) < 4.78 is 8.57. The zero-order valence-electron chi connectivity index (χ0n) is 20.1. The molecule has 0 aliphatic rings. The molecule has 6 N–H and O–H groups in total. The minimum absolute atomic E-state index is 0.0480. The molecule has 0 unspecified atom stereocenters. The molecule has 0 spiro atoms. The summed E-state index contributed by atoms with van der Waals surface area (Å²) in [7, 11) is 2.28. The highest BCUT2D eigenvalue weighted by atomic mass is 16.8. The van der Waals surface area contributed by atoms with Crippen LogP contribution in [-0.4, -0.2) is 50.0 Å². The van der Waals surface area contributed by atoms with Crippen LogP contribution in [-0.2, 0) is 28.7 Å². The summed E-state index contributed by atoms with van der Waals surface area (Å²) in [6.45, 7) is 0. The van der Waals surface area contributed by atoms with Crippen molar-refractivity contribution in [1.82, 2.24) is 0 Å². The Kier molecular flexibility index (Phi) is 10.9. The first-order valence-electron chi connectivity index (χ1n) is 10.7. The summed E-state index contributed by atoms with van der Waals surface area (Å²) in [6.07, 6.45) is -1.44. The lowest BCUT2D eigenvalue weighted by molar-refractivity contribution is -0.117. The number of carbonyl (C=O) groups excluding carboxylic acids is 4. The molecule has 0 aromatic heterocycles. The van der Waals surface area contributed by atoms with Crippen LogP contribution in [0, 0.1) is 0 Å². The molecule has 0 saturated carbocycles. The molecule has 2 aromatic rings. The number of nitrogens with one attached hydrogen (secondary N) is 2. The van der Waals surface area contributed by atoms with E-state index in [1.807, 2.05) is 0 Å². The van der Waals surface area contributed by atoms with Crippen molar-refractivity contribution in [2.24, 2.45) is 21.8 Å². The lowest BCUT2D eigenvalue weighted by Gasteiger charge is -2.08. The first-order valence-corrected chi connectivity index (χ1v) is 10.7. The van der Waals surface area contributed by atoms with Gasteiger partial charge in [0, 0.05) is 35.3 Å². The normalized spacial score (nSPS) is 11.2. The highest BCUT2D eigenvalue weighted by molar-refractivity contribution is 5.99. The Morgan fingerprint density at radius 2 is 1.03 bits per heavy atom. The zero-order chi connectivity index (χ0) is 27.2. The quantitative estimate of drug-likeness (QED) is 0.119. The average molecular weight is 514 g/mol. The second-order valence-electron chi connectivity index (χ2n) is 7.15. The van der Waals surface area contributed by atoms with Crippen molar-refractivity contribution in [2.75, 3.05) is 24.9 Å². The number of benzene rings is 2. The second kappa shape index (κ2) is 14.3. The van der Waals surface area contributed by atoms with Gasteiger partial charge in [-0.2, -0.15) is 0 Å². The Balaban J connectivity index is 1.75. The predicted molar refractivity (Wildman–Crippen MR) is 132 cm³/mol. The molecule has 2 rings (SSSR count). The van der Waals surface area contributed by atoms with Gasteiger partial charge in [0.05, 0.1) is 14.2 Å². The Morgan fingerprint density at radius 1 is 0.676 bits per heavy atom. The van der Waals surface area contributed by atoms with Crippen molar-refractivity contribution in [3.8, 4) is 0 Å². The fourth-order valence-corrected chi connectivity index (χ4v) is 2.66. The van der Waals surface area contributed by atoms with Crippen LogP contribution >= 0.6 is 0 Å². The largest absolute Gasteiger partial charge is 0.534 e. The molecule has 0 atom stereocenters. The molecule has 196 valence electrons. The van der Waals surface area contributed by atoms with Crippen LogP contribution in [0.5, 0.6) is 0 Å². The van der Waals surface area contributed by atoms with Crippen LogP contribution in [0.15, 0.2) is 58.8 Å². The molecule has 2 amide bonds. The Morgan fingerprint density at radius 3 is 1.35 bits per heavy atom. The zero-order valence-corrected chi connectivity index (χ0v) is 20.1. The van der Waals surface area contributed by atoms with E-state index in [1.165, 1.54) is 0 Å². The van der Waals surface area contributed by atoms with Gasteiger partial charge in [-0.05, 0) is 55.0 Å². The van der Waals surface area contributed by atoms with Crippen molar-refractivity contribution in [1.29, 1.82) is 0 Å². The number of nitrogens with two attached hydrogens (primary N) is 2. The van der Waals surface area contributed by atoms with Crippen LogP contribution in [0.2, 0.25) is 0 Å². The number of anilines is 2. The Hall–Kier alpha value is -5.14. The highest BCUT2D eigenvalue weighted by Gasteiger charge is 2.09. The first kappa shape index (κ1) is 28.1. The third kappa shape index (κ3) is 9.94. The van der Waals surface area contributed by atoms with Crippen molar-refractivity contribution >= 4 is 47.2 Å². The number of ether oxygens (including phenoxy) is 2. The standard InChI is InChI=1S/C23H26N6O8/c1-34-22(32)36-28-20(24)14-6-10-16(11-7-14)26-18(30)4-3-5-19(31)27-17-12-8-15(9-13-17)21(25)29-37-23(33)35-2/h6-13H,3-5H2,1-2H3,(H2,24,28)(H2,25,29)(H,26,30)(H,27,31). The third-order valence-electron chi connectivity index (χ3n) is 4.51. The molecule has 2 aromatic carbocycles. The van der Waals surface area contributed by atoms with Gasteiger partial charge < -0.3 is 31.6 Å². The SMILES string of the molecule is COC(=O)O/N=C(\N)c1ccc(NC(=O)CCCC(=O)Nc2ccc(/C(N)=N/OC(=O)OC)cc2)cc1. The molecule has 0 bridgehead atoms. The van der Waals surface area contributed by atoms with E-state index < -0.39 is 12.3 Å². The number of rotatable bonds is 10. The molecule has 0 saturated heterocycles. The van der Waals surface area contributed by atoms with Gasteiger partial charge >= 0.3 is 12.3 Å². The van der Waals surface area contributed by atoms with Gasteiger partial charge in [0.15, 0.2) is 11.7 Å². The van der Waals surface area contributed by atoms with Crippen molar-refractivity contribution in [2.45, 2.75) is 19.3 Å². The van der Waals surface area contributed by atoms with Gasteiger partial charge in [-0.25, -0.2) is 9.59 Å². The maximum Gasteiger partial charge on any atom is 0.534 e. The van der Waals surface area contributed by atoms with E-state index in [1.54, 1.807) is 48.5 Å². The summed E-state index contributed by atoms with van der Waals surface area (Å²) >= 11 is 0. The number of hydrogen-bond donors (Lipinski definition) is 4. The van der Waals surface area contributed by atoms with Crippen molar-refractivity contribution in [3.05, 3.63) is 59.7 Å². The van der Waals surface area contributed by atoms with Crippen molar-refractivity contribution in [3.63, 3.8) is 0 Å². The monoisotopic (exact) mass is 514 g/mol. The van der Waals surface area contributed by atoms with Gasteiger partial charge in [-0.1, -0.05) is 10.3 Å². The molecule has 0 radical (unpaired) electrons. The molecule has 0 heterocycles. The van der Waals surface area contributed by atoms with E-state index >= 15 is 0 Å². The van der Waals surface area contributed by atoms with E-state index in [0.717, 1.165) is 14.2 Å². The predicted octanol–water partition coefficient (Wildman–Crippen LogP) is 2.24. The van der Waals surface area contributed by atoms with Crippen LogP contribution in [0.25, 0.3) is 0 Å². The molecule has 14 heteroatoms. The van der Waals surface area contributed by atoms with Gasteiger partial charge in [0.2, 0.25) is 11.8 Å². The number of amidine groups is 2. The van der Waals surface area contributed by atoms with Gasteiger partial charge in [-0.15, -0.1) is 0 Å². The fourth-order valence-electron chi connectivity index (χ4n) is 2.66. The minimum Gasteiger partial charge on any atom is -0.436 e. The molecule has 37 heavy (non-hydrogen) atoms. The van der Waals surface area contributed by atoms with Crippen LogP contribution in [0.4, 0.5) is 21.0 Å². The molecule has 14 nitrogen and oxygen atoms in total. The lowest BCUT2D eigenvalue weighted by Crippen LogP contribution is -2.17. The van der Waals surface area contributed by atoms with E-state index in [9.17, 15) is 19.2 Å². The number of hydrogen-bond acceptors (Lipinski definition) is 10. The van der Waals surface area contributed by atoms with E-state index in [2.05, 4.69) is 40.1 Å². The van der Waals surface area contributed by atoms with Gasteiger partial charge in [0.1, 0.15) is 0 Å². The van der Waals surface area contributed by atoms with E-state index in [4.69, 9.17) is 11.5 Å².